The maximum absolute atomic E-state index is 13.8. The van der Waals surface area contributed by atoms with Crippen molar-refractivity contribution in [2.45, 2.75) is 51.0 Å². The number of halogens is 1. The molecule has 0 bridgehead atoms. The first-order chi connectivity index (χ1) is 15.1. The summed E-state index contributed by atoms with van der Waals surface area (Å²) in [4.78, 5) is 21.2. The first-order valence-electron chi connectivity index (χ1n) is 10.9. The third-order valence-electron chi connectivity index (χ3n) is 6.48. The minimum absolute atomic E-state index is 0.0975. The van der Waals surface area contributed by atoms with Gasteiger partial charge in [0.15, 0.2) is 0 Å². The summed E-state index contributed by atoms with van der Waals surface area (Å²) in [6.45, 7) is 2.11. The minimum atomic E-state index is -0.225. The van der Waals surface area contributed by atoms with Crippen LogP contribution in [-0.2, 0) is 0 Å². The molecule has 0 radical (unpaired) electrons. The van der Waals surface area contributed by atoms with Crippen molar-refractivity contribution in [2.24, 2.45) is 5.92 Å². The number of benzene rings is 1. The van der Waals surface area contributed by atoms with Crippen molar-refractivity contribution in [3.05, 3.63) is 65.7 Å². The molecule has 6 heteroatoms. The molecule has 1 atom stereocenters. The summed E-state index contributed by atoms with van der Waals surface area (Å²) in [7, 11) is 1.55. The van der Waals surface area contributed by atoms with Crippen LogP contribution in [0.4, 0.5) is 4.39 Å². The summed E-state index contributed by atoms with van der Waals surface area (Å²) in [6, 6.07) is 10.4. The van der Waals surface area contributed by atoms with Gasteiger partial charge in [0.2, 0.25) is 5.88 Å². The first-order valence-corrected chi connectivity index (χ1v) is 10.9. The number of carbonyl (C=O) groups excluding carboxylic acids is 1. The number of ether oxygens (including phenoxy) is 1. The van der Waals surface area contributed by atoms with Crippen molar-refractivity contribution >= 4 is 16.8 Å². The van der Waals surface area contributed by atoms with E-state index < -0.39 is 0 Å². The molecule has 1 fully saturated rings. The van der Waals surface area contributed by atoms with Crippen LogP contribution in [0.3, 0.4) is 0 Å². The average molecular weight is 422 g/mol. The predicted octanol–water partition coefficient (Wildman–Crippen LogP) is 5.26. The standard InChI is InChI=1S/C25H28FN3O2/c1-3-22(29-25(30)18-8-11-24(31-2)28-15-18)17-6-4-16(5-7-17)20-12-13-27-23-10-9-19(26)14-21(20)23/h8-17,22H,3-7H2,1-2H3,(H,29,30)/t16-,17-,22-/m1/s1. The van der Waals surface area contributed by atoms with E-state index in [0.29, 0.717) is 23.3 Å². The van der Waals surface area contributed by atoms with Gasteiger partial charge < -0.3 is 10.1 Å². The largest absolute Gasteiger partial charge is 0.481 e. The summed E-state index contributed by atoms with van der Waals surface area (Å²) in [6.07, 6.45) is 8.36. The highest BCUT2D eigenvalue weighted by Gasteiger charge is 2.29. The van der Waals surface area contributed by atoms with E-state index in [1.54, 1.807) is 37.6 Å². The smallest absolute Gasteiger partial charge is 0.253 e. The Hall–Kier alpha value is -3.02. The third kappa shape index (κ3) is 4.68. The van der Waals surface area contributed by atoms with Crippen LogP contribution >= 0.6 is 0 Å². The van der Waals surface area contributed by atoms with Gasteiger partial charge in [0.1, 0.15) is 5.82 Å². The lowest BCUT2D eigenvalue weighted by atomic mass is 9.75. The Labute approximate surface area is 182 Å². The second kappa shape index (κ2) is 9.41. The number of nitrogens with zero attached hydrogens (tertiary/aromatic N) is 2. The topological polar surface area (TPSA) is 64.1 Å². The van der Waals surface area contributed by atoms with Crippen LogP contribution in [0, 0.1) is 11.7 Å². The number of carbonyl (C=O) groups is 1. The Balaban J connectivity index is 1.41. The summed E-state index contributed by atoms with van der Waals surface area (Å²) in [5.41, 5.74) is 2.57. The van der Waals surface area contributed by atoms with E-state index in [1.807, 2.05) is 12.3 Å². The van der Waals surface area contributed by atoms with Gasteiger partial charge in [-0.2, -0.15) is 0 Å². The number of aromatic nitrogens is 2. The summed E-state index contributed by atoms with van der Waals surface area (Å²) >= 11 is 0. The van der Waals surface area contributed by atoms with Crippen molar-refractivity contribution in [3.63, 3.8) is 0 Å². The lowest BCUT2D eigenvalue weighted by Gasteiger charge is -2.34. The molecule has 1 aromatic carbocycles. The van der Waals surface area contributed by atoms with Gasteiger partial charge in [0, 0.05) is 29.9 Å². The van der Waals surface area contributed by atoms with Crippen LogP contribution in [0.5, 0.6) is 5.88 Å². The molecule has 31 heavy (non-hydrogen) atoms. The molecule has 0 spiro atoms. The third-order valence-corrected chi connectivity index (χ3v) is 6.48. The fourth-order valence-electron chi connectivity index (χ4n) is 4.77. The number of rotatable bonds is 6. The normalized spacial score (nSPS) is 19.7. The lowest BCUT2D eigenvalue weighted by molar-refractivity contribution is 0.0909. The minimum Gasteiger partial charge on any atom is -0.481 e. The van der Waals surface area contributed by atoms with Gasteiger partial charge in [-0.05, 0) is 79.8 Å². The van der Waals surface area contributed by atoms with Gasteiger partial charge >= 0.3 is 0 Å². The SMILES string of the molecule is CC[C@@H](NC(=O)c1ccc(OC)nc1)[C@H]1CC[C@H](c2ccnc3ccc(F)cc32)CC1. The molecular weight excluding hydrogens is 393 g/mol. The number of hydrogen-bond donors (Lipinski definition) is 1. The molecule has 1 N–H and O–H groups in total. The number of methoxy groups -OCH3 is 1. The lowest BCUT2D eigenvalue weighted by Crippen LogP contribution is -2.41. The van der Waals surface area contributed by atoms with Crippen molar-refractivity contribution in [1.82, 2.24) is 15.3 Å². The average Bonchev–Trinajstić information content (AvgIpc) is 2.82. The highest BCUT2D eigenvalue weighted by Crippen LogP contribution is 2.39. The van der Waals surface area contributed by atoms with Crippen LogP contribution < -0.4 is 10.1 Å². The van der Waals surface area contributed by atoms with E-state index in [1.165, 1.54) is 11.6 Å². The van der Waals surface area contributed by atoms with Crippen molar-refractivity contribution in [1.29, 1.82) is 0 Å². The second-order valence-corrected chi connectivity index (χ2v) is 8.25. The number of hydrogen-bond acceptors (Lipinski definition) is 4. The Bertz CT molecular complexity index is 1050. The summed E-state index contributed by atoms with van der Waals surface area (Å²) in [5.74, 6) is 0.992. The monoisotopic (exact) mass is 421 g/mol. The van der Waals surface area contributed by atoms with E-state index in [4.69, 9.17) is 4.74 Å². The number of amides is 1. The van der Waals surface area contributed by atoms with Crippen molar-refractivity contribution in [3.8, 4) is 5.88 Å². The molecule has 0 saturated heterocycles. The van der Waals surface area contributed by atoms with E-state index >= 15 is 0 Å². The molecule has 5 nitrogen and oxygen atoms in total. The zero-order valence-corrected chi connectivity index (χ0v) is 18.0. The molecule has 1 aliphatic rings. The predicted molar refractivity (Wildman–Crippen MR) is 119 cm³/mol. The molecule has 1 saturated carbocycles. The fraction of sp³-hybridized carbons (Fsp3) is 0.400. The van der Waals surface area contributed by atoms with Gasteiger partial charge in [-0.3, -0.25) is 9.78 Å². The van der Waals surface area contributed by atoms with Crippen molar-refractivity contribution in [2.75, 3.05) is 7.11 Å². The van der Waals surface area contributed by atoms with Crippen LogP contribution in [0.1, 0.15) is 60.9 Å². The second-order valence-electron chi connectivity index (χ2n) is 8.25. The maximum atomic E-state index is 13.8. The Morgan fingerprint density at radius 3 is 2.65 bits per heavy atom. The maximum Gasteiger partial charge on any atom is 0.253 e. The zero-order valence-electron chi connectivity index (χ0n) is 18.0. The Morgan fingerprint density at radius 2 is 1.97 bits per heavy atom. The Kier molecular flexibility index (Phi) is 6.44. The molecule has 4 rings (SSSR count). The number of pyridine rings is 2. The highest BCUT2D eigenvalue weighted by atomic mass is 19.1. The molecule has 162 valence electrons. The van der Waals surface area contributed by atoms with Gasteiger partial charge in [-0.1, -0.05) is 6.92 Å². The molecule has 2 aromatic heterocycles. The van der Waals surface area contributed by atoms with Crippen LogP contribution in [0.15, 0.2) is 48.8 Å². The summed E-state index contributed by atoms with van der Waals surface area (Å²) < 4.78 is 18.9. The Morgan fingerprint density at radius 1 is 1.16 bits per heavy atom. The number of nitrogens with one attached hydrogen (secondary N) is 1. The van der Waals surface area contributed by atoms with E-state index in [-0.39, 0.29) is 17.8 Å². The van der Waals surface area contributed by atoms with Crippen molar-refractivity contribution < 1.29 is 13.9 Å². The fourth-order valence-corrected chi connectivity index (χ4v) is 4.77. The molecule has 3 aromatic rings. The zero-order chi connectivity index (χ0) is 21.8. The molecule has 2 heterocycles. The van der Waals surface area contributed by atoms with E-state index in [2.05, 4.69) is 22.2 Å². The molecule has 0 aliphatic heterocycles. The quantitative estimate of drug-likeness (QED) is 0.590. The summed E-state index contributed by atoms with van der Waals surface area (Å²) in [5, 5.41) is 4.12. The van der Waals surface area contributed by atoms with Gasteiger partial charge in [0.25, 0.3) is 5.91 Å². The van der Waals surface area contributed by atoms with Crippen LogP contribution in [0.2, 0.25) is 0 Å². The highest BCUT2D eigenvalue weighted by molar-refractivity contribution is 5.94. The van der Waals surface area contributed by atoms with Gasteiger partial charge in [-0.15, -0.1) is 0 Å². The number of fused-ring (bicyclic) bond motifs is 1. The molecule has 1 amide bonds. The molecule has 0 unspecified atom stereocenters. The van der Waals surface area contributed by atoms with Crippen LogP contribution in [-0.4, -0.2) is 29.0 Å². The first kappa shape index (κ1) is 21.2. The van der Waals surface area contributed by atoms with E-state index in [0.717, 1.165) is 43.0 Å². The van der Waals surface area contributed by atoms with Crippen LogP contribution in [0.25, 0.3) is 10.9 Å². The molecular formula is C25H28FN3O2. The molecule has 1 aliphatic carbocycles. The van der Waals surface area contributed by atoms with E-state index in [9.17, 15) is 9.18 Å². The van der Waals surface area contributed by atoms with Gasteiger partial charge in [0.05, 0.1) is 18.2 Å². The van der Waals surface area contributed by atoms with Gasteiger partial charge in [-0.25, -0.2) is 9.37 Å².